The SMILES string of the molecule is CC1(CCC2(O)CC2)CCCCC1. The highest BCUT2D eigenvalue weighted by atomic mass is 16.3. The van der Waals surface area contributed by atoms with Gasteiger partial charge in [0.05, 0.1) is 5.60 Å². The number of rotatable bonds is 3. The van der Waals surface area contributed by atoms with Crippen LogP contribution < -0.4 is 0 Å². The first-order valence-electron chi connectivity index (χ1n) is 5.84. The highest BCUT2D eigenvalue weighted by Gasteiger charge is 2.41. The first-order chi connectivity index (χ1) is 6.12. The molecule has 2 saturated carbocycles. The highest BCUT2D eigenvalue weighted by molar-refractivity contribution is 4.95. The van der Waals surface area contributed by atoms with Crippen molar-refractivity contribution < 1.29 is 5.11 Å². The van der Waals surface area contributed by atoms with E-state index in [1.165, 1.54) is 38.5 Å². The molecule has 0 aromatic heterocycles. The van der Waals surface area contributed by atoms with Crippen LogP contribution >= 0.6 is 0 Å². The van der Waals surface area contributed by atoms with E-state index in [-0.39, 0.29) is 5.60 Å². The summed E-state index contributed by atoms with van der Waals surface area (Å²) in [4.78, 5) is 0. The largest absolute Gasteiger partial charge is 0.390 e. The molecule has 0 aromatic rings. The molecule has 1 heteroatoms. The summed E-state index contributed by atoms with van der Waals surface area (Å²) in [6.07, 6.45) is 11.5. The van der Waals surface area contributed by atoms with E-state index in [1.54, 1.807) is 0 Å². The normalized spacial score (nSPS) is 30.0. The van der Waals surface area contributed by atoms with Crippen LogP contribution in [0.3, 0.4) is 0 Å². The molecule has 2 rings (SSSR count). The molecule has 2 aliphatic carbocycles. The van der Waals surface area contributed by atoms with Gasteiger partial charge in [0.2, 0.25) is 0 Å². The molecule has 0 unspecified atom stereocenters. The molecular formula is C12H22O. The van der Waals surface area contributed by atoms with E-state index in [0.717, 1.165) is 19.3 Å². The lowest BCUT2D eigenvalue weighted by molar-refractivity contribution is 0.101. The van der Waals surface area contributed by atoms with E-state index >= 15 is 0 Å². The standard InChI is InChI=1S/C12H22O/c1-11(5-3-2-4-6-11)7-8-12(13)9-10-12/h13H,2-10H2,1H3. The van der Waals surface area contributed by atoms with Crippen LogP contribution in [0.2, 0.25) is 0 Å². The van der Waals surface area contributed by atoms with E-state index in [9.17, 15) is 5.11 Å². The van der Waals surface area contributed by atoms with Crippen LogP contribution in [0, 0.1) is 5.41 Å². The summed E-state index contributed by atoms with van der Waals surface area (Å²) in [7, 11) is 0. The van der Waals surface area contributed by atoms with Gasteiger partial charge in [0.1, 0.15) is 0 Å². The van der Waals surface area contributed by atoms with Crippen LogP contribution in [0.15, 0.2) is 0 Å². The summed E-state index contributed by atoms with van der Waals surface area (Å²) in [6.45, 7) is 2.41. The van der Waals surface area contributed by atoms with Crippen molar-refractivity contribution in [3.8, 4) is 0 Å². The van der Waals surface area contributed by atoms with E-state index < -0.39 is 0 Å². The van der Waals surface area contributed by atoms with Gasteiger partial charge in [0.25, 0.3) is 0 Å². The molecule has 0 bridgehead atoms. The first kappa shape index (κ1) is 9.51. The predicted molar refractivity (Wildman–Crippen MR) is 54.6 cm³/mol. The fraction of sp³-hybridized carbons (Fsp3) is 1.00. The van der Waals surface area contributed by atoms with Gasteiger partial charge in [-0.05, 0) is 43.9 Å². The van der Waals surface area contributed by atoms with E-state index in [1.807, 2.05) is 0 Å². The molecule has 13 heavy (non-hydrogen) atoms. The van der Waals surface area contributed by atoms with Crippen LogP contribution in [-0.2, 0) is 0 Å². The zero-order valence-corrected chi connectivity index (χ0v) is 8.81. The Labute approximate surface area is 81.5 Å². The second-order valence-corrected chi connectivity index (χ2v) is 5.60. The third-order valence-corrected chi connectivity index (χ3v) is 4.08. The van der Waals surface area contributed by atoms with Crippen molar-refractivity contribution in [1.82, 2.24) is 0 Å². The minimum atomic E-state index is -0.222. The topological polar surface area (TPSA) is 20.2 Å². The van der Waals surface area contributed by atoms with Gasteiger partial charge in [0.15, 0.2) is 0 Å². The molecule has 0 atom stereocenters. The molecule has 2 aliphatic rings. The minimum Gasteiger partial charge on any atom is -0.390 e. The first-order valence-corrected chi connectivity index (χ1v) is 5.84. The number of aliphatic hydroxyl groups is 1. The molecule has 2 fully saturated rings. The van der Waals surface area contributed by atoms with Crippen molar-refractivity contribution in [3.05, 3.63) is 0 Å². The monoisotopic (exact) mass is 182 g/mol. The van der Waals surface area contributed by atoms with Crippen molar-refractivity contribution in [2.75, 3.05) is 0 Å². The summed E-state index contributed by atoms with van der Waals surface area (Å²) in [5.74, 6) is 0. The average molecular weight is 182 g/mol. The Morgan fingerprint density at radius 3 is 2.08 bits per heavy atom. The van der Waals surface area contributed by atoms with Gasteiger partial charge in [-0.2, -0.15) is 0 Å². The lowest BCUT2D eigenvalue weighted by Gasteiger charge is -2.34. The summed E-state index contributed by atoms with van der Waals surface area (Å²) >= 11 is 0. The molecule has 0 aromatic carbocycles. The lowest BCUT2D eigenvalue weighted by atomic mass is 9.72. The molecule has 76 valence electrons. The Morgan fingerprint density at radius 1 is 0.923 bits per heavy atom. The van der Waals surface area contributed by atoms with Gasteiger partial charge >= 0.3 is 0 Å². The van der Waals surface area contributed by atoms with Gasteiger partial charge in [-0.15, -0.1) is 0 Å². The van der Waals surface area contributed by atoms with E-state index in [0.29, 0.717) is 5.41 Å². The maximum absolute atomic E-state index is 9.77. The zero-order valence-electron chi connectivity index (χ0n) is 8.81. The Balaban J connectivity index is 1.77. The van der Waals surface area contributed by atoms with Crippen molar-refractivity contribution in [3.63, 3.8) is 0 Å². The van der Waals surface area contributed by atoms with Gasteiger partial charge in [-0.25, -0.2) is 0 Å². The minimum absolute atomic E-state index is 0.222. The van der Waals surface area contributed by atoms with Crippen LogP contribution in [0.5, 0.6) is 0 Å². The quantitative estimate of drug-likeness (QED) is 0.710. The van der Waals surface area contributed by atoms with Gasteiger partial charge in [0, 0.05) is 0 Å². The predicted octanol–water partition coefficient (Wildman–Crippen LogP) is 3.26. The highest BCUT2D eigenvalue weighted by Crippen LogP contribution is 2.46. The Morgan fingerprint density at radius 2 is 1.54 bits per heavy atom. The maximum Gasteiger partial charge on any atom is 0.0650 e. The Kier molecular flexibility index (Phi) is 2.39. The molecule has 0 spiro atoms. The summed E-state index contributed by atoms with van der Waals surface area (Å²) in [5.41, 5.74) is 0.344. The third kappa shape index (κ3) is 2.46. The summed E-state index contributed by atoms with van der Waals surface area (Å²) in [6, 6.07) is 0. The molecule has 0 heterocycles. The average Bonchev–Trinajstić information content (AvgIpc) is 2.84. The molecule has 0 saturated heterocycles. The van der Waals surface area contributed by atoms with E-state index in [4.69, 9.17) is 0 Å². The van der Waals surface area contributed by atoms with Crippen molar-refractivity contribution in [2.45, 2.75) is 70.3 Å². The second-order valence-electron chi connectivity index (χ2n) is 5.60. The van der Waals surface area contributed by atoms with Crippen LogP contribution in [0.4, 0.5) is 0 Å². The summed E-state index contributed by atoms with van der Waals surface area (Å²) < 4.78 is 0. The smallest absolute Gasteiger partial charge is 0.0650 e. The van der Waals surface area contributed by atoms with Gasteiger partial charge in [-0.3, -0.25) is 0 Å². The third-order valence-electron chi connectivity index (χ3n) is 4.08. The Bertz CT molecular complexity index is 176. The molecule has 0 aliphatic heterocycles. The second kappa shape index (κ2) is 3.27. The molecule has 0 radical (unpaired) electrons. The fourth-order valence-electron chi connectivity index (χ4n) is 2.58. The van der Waals surface area contributed by atoms with Crippen molar-refractivity contribution in [2.24, 2.45) is 5.41 Å². The Hall–Kier alpha value is -0.0400. The van der Waals surface area contributed by atoms with E-state index in [2.05, 4.69) is 6.92 Å². The fourth-order valence-corrected chi connectivity index (χ4v) is 2.58. The zero-order chi connectivity index (χ0) is 9.36. The van der Waals surface area contributed by atoms with Gasteiger partial charge in [-0.1, -0.05) is 26.2 Å². The molecular weight excluding hydrogens is 160 g/mol. The molecule has 1 N–H and O–H groups in total. The van der Waals surface area contributed by atoms with Crippen LogP contribution in [-0.4, -0.2) is 10.7 Å². The molecule has 0 amide bonds. The van der Waals surface area contributed by atoms with Gasteiger partial charge < -0.3 is 5.11 Å². The number of hydrogen-bond acceptors (Lipinski definition) is 1. The summed E-state index contributed by atoms with van der Waals surface area (Å²) in [5, 5.41) is 9.77. The van der Waals surface area contributed by atoms with Crippen molar-refractivity contribution in [1.29, 1.82) is 0 Å². The maximum atomic E-state index is 9.77. The molecule has 1 nitrogen and oxygen atoms in total. The van der Waals surface area contributed by atoms with Crippen LogP contribution in [0.1, 0.15) is 64.7 Å². The lowest BCUT2D eigenvalue weighted by Crippen LogP contribution is -2.22. The van der Waals surface area contributed by atoms with Crippen molar-refractivity contribution >= 4 is 0 Å². The van der Waals surface area contributed by atoms with Crippen LogP contribution in [0.25, 0.3) is 0 Å². The number of hydrogen-bond donors (Lipinski definition) is 1.